The monoisotopic (exact) mass is 273 g/mol. The first-order valence-electron chi connectivity index (χ1n) is 7.18. The van der Waals surface area contributed by atoms with E-state index in [1.807, 2.05) is 18.2 Å². The fourth-order valence-corrected chi connectivity index (χ4v) is 1.89. The van der Waals surface area contributed by atoms with Crippen LogP contribution >= 0.6 is 0 Å². The van der Waals surface area contributed by atoms with Crippen LogP contribution in [0.5, 0.6) is 5.75 Å². The summed E-state index contributed by atoms with van der Waals surface area (Å²) in [6, 6.07) is 10.7. The molecule has 1 N–H and O–H groups in total. The predicted molar refractivity (Wildman–Crippen MR) is 80.8 cm³/mol. The van der Waals surface area contributed by atoms with Crippen molar-refractivity contribution in [2.24, 2.45) is 0 Å². The molecule has 2 rings (SSSR count). The number of furan rings is 1. The molecule has 0 amide bonds. The van der Waals surface area contributed by atoms with Crippen LogP contribution in [0.15, 0.2) is 41.0 Å². The smallest absolute Gasteiger partial charge is 0.146 e. The van der Waals surface area contributed by atoms with Gasteiger partial charge in [0.1, 0.15) is 18.1 Å². The van der Waals surface area contributed by atoms with Crippen LogP contribution in [0, 0.1) is 0 Å². The lowest BCUT2D eigenvalue weighted by molar-refractivity contribution is 0.270. The summed E-state index contributed by atoms with van der Waals surface area (Å²) in [6.45, 7) is 7.69. The first-order chi connectivity index (χ1) is 9.67. The van der Waals surface area contributed by atoms with Crippen molar-refractivity contribution < 1.29 is 9.15 Å². The highest BCUT2D eigenvalue weighted by atomic mass is 16.5. The Bertz CT molecular complexity index is 514. The predicted octanol–water partition coefficient (Wildman–Crippen LogP) is 3.92. The molecule has 0 aliphatic carbocycles. The van der Waals surface area contributed by atoms with Crippen LogP contribution in [-0.4, -0.2) is 6.04 Å². The Morgan fingerprint density at radius 2 is 1.90 bits per heavy atom. The molecule has 0 spiro atoms. The van der Waals surface area contributed by atoms with Crippen molar-refractivity contribution >= 4 is 0 Å². The molecule has 3 nitrogen and oxygen atoms in total. The molecule has 0 saturated carbocycles. The second-order valence-electron chi connectivity index (χ2n) is 5.24. The van der Waals surface area contributed by atoms with Gasteiger partial charge in [-0.05, 0) is 30.2 Å². The molecule has 0 saturated heterocycles. The highest BCUT2D eigenvalue weighted by Gasteiger charge is 2.04. The van der Waals surface area contributed by atoms with E-state index in [1.54, 1.807) is 6.26 Å². The van der Waals surface area contributed by atoms with Gasteiger partial charge >= 0.3 is 0 Å². The summed E-state index contributed by atoms with van der Waals surface area (Å²) < 4.78 is 11.2. The lowest BCUT2D eigenvalue weighted by Gasteiger charge is -2.05. The van der Waals surface area contributed by atoms with E-state index in [4.69, 9.17) is 9.15 Å². The fourth-order valence-electron chi connectivity index (χ4n) is 1.89. The third kappa shape index (κ3) is 4.42. The topological polar surface area (TPSA) is 34.4 Å². The molecule has 1 aromatic carbocycles. The van der Waals surface area contributed by atoms with Gasteiger partial charge in [-0.1, -0.05) is 32.9 Å². The zero-order valence-corrected chi connectivity index (χ0v) is 12.5. The van der Waals surface area contributed by atoms with Gasteiger partial charge in [0.2, 0.25) is 0 Å². The summed E-state index contributed by atoms with van der Waals surface area (Å²) in [5.41, 5.74) is 2.47. The Morgan fingerprint density at radius 3 is 2.55 bits per heavy atom. The molecule has 1 aromatic heterocycles. The minimum Gasteiger partial charge on any atom is -0.486 e. The van der Waals surface area contributed by atoms with Crippen LogP contribution in [0.25, 0.3) is 0 Å². The number of aryl methyl sites for hydroxylation is 1. The lowest BCUT2D eigenvalue weighted by atomic mass is 10.2. The third-order valence-corrected chi connectivity index (χ3v) is 3.14. The average molecular weight is 273 g/mol. The van der Waals surface area contributed by atoms with Gasteiger partial charge in [0.05, 0.1) is 6.26 Å². The van der Waals surface area contributed by atoms with Crippen molar-refractivity contribution in [1.82, 2.24) is 5.32 Å². The summed E-state index contributed by atoms with van der Waals surface area (Å²) in [5.74, 6) is 1.73. The van der Waals surface area contributed by atoms with E-state index >= 15 is 0 Å². The Labute approximate surface area is 121 Å². The molecule has 1 heterocycles. The van der Waals surface area contributed by atoms with Gasteiger partial charge in [-0.25, -0.2) is 0 Å². The van der Waals surface area contributed by atoms with E-state index in [0.29, 0.717) is 12.6 Å². The molecular formula is C17H23NO2. The van der Waals surface area contributed by atoms with E-state index in [9.17, 15) is 0 Å². The van der Waals surface area contributed by atoms with Crippen LogP contribution in [-0.2, 0) is 19.6 Å². The standard InChI is InChI=1S/C17H23NO2/c1-4-14-5-7-16(8-6-14)20-12-17-9-15(11-19-17)10-18-13(2)3/h5-9,11,13,18H,4,10,12H2,1-3H3. The van der Waals surface area contributed by atoms with E-state index in [2.05, 4.69) is 38.2 Å². The summed E-state index contributed by atoms with van der Waals surface area (Å²) in [6.07, 6.45) is 2.83. The van der Waals surface area contributed by atoms with Gasteiger partial charge in [-0.3, -0.25) is 0 Å². The van der Waals surface area contributed by atoms with Gasteiger partial charge in [0, 0.05) is 18.2 Å². The summed E-state index contributed by atoms with van der Waals surface area (Å²) >= 11 is 0. The normalized spacial score (nSPS) is 11.0. The number of hydrogen-bond donors (Lipinski definition) is 1. The molecule has 0 unspecified atom stereocenters. The third-order valence-electron chi connectivity index (χ3n) is 3.14. The van der Waals surface area contributed by atoms with Crippen LogP contribution < -0.4 is 10.1 Å². The Hall–Kier alpha value is -1.74. The molecule has 108 valence electrons. The van der Waals surface area contributed by atoms with Crippen LogP contribution in [0.4, 0.5) is 0 Å². The van der Waals surface area contributed by atoms with Crippen molar-refractivity contribution in [1.29, 1.82) is 0 Å². The van der Waals surface area contributed by atoms with Gasteiger partial charge in [-0.15, -0.1) is 0 Å². The van der Waals surface area contributed by atoms with Crippen molar-refractivity contribution in [3.05, 3.63) is 53.5 Å². The molecule has 0 radical (unpaired) electrons. The van der Waals surface area contributed by atoms with Crippen LogP contribution in [0.2, 0.25) is 0 Å². The van der Waals surface area contributed by atoms with E-state index in [-0.39, 0.29) is 0 Å². The Kier molecular flexibility index (Phi) is 5.24. The molecule has 0 atom stereocenters. The van der Waals surface area contributed by atoms with Crippen LogP contribution in [0.3, 0.4) is 0 Å². The highest BCUT2D eigenvalue weighted by molar-refractivity contribution is 5.27. The van der Waals surface area contributed by atoms with E-state index in [0.717, 1.165) is 30.0 Å². The number of nitrogens with one attached hydrogen (secondary N) is 1. The zero-order valence-electron chi connectivity index (χ0n) is 12.5. The van der Waals surface area contributed by atoms with Crippen LogP contribution in [0.1, 0.15) is 37.7 Å². The maximum Gasteiger partial charge on any atom is 0.146 e. The number of ether oxygens (including phenoxy) is 1. The van der Waals surface area contributed by atoms with Gasteiger partial charge < -0.3 is 14.5 Å². The second kappa shape index (κ2) is 7.15. The number of hydrogen-bond acceptors (Lipinski definition) is 3. The fraction of sp³-hybridized carbons (Fsp3) is 0.412. The first kappa shape index (κ1) is 14.7. The van der Waals surface area contributed by atoms with Crippen molar-refractivity contribution in [3.8, 4) is 5.75 Å². The zero-order chi connectivity index (χ0) is 14.4. The Balaban J connectivity index is 1.84. The SMILES string of the molecule is CCc1ccc(OCc2cc(CNC(C)C)co2)cc1. The lowest BCUT2D eigenvalue weighted by Crippen LogP contribution is -2.21. The van der Waals surface area contributed by atoms with Gasteiger partial charge in [-0.2, -0.15) is 0 Å². The molecule has 0 aliphatic rings. The second-order valence-corrected chi connectivity index (χ2v) is 5.24. The van der Waals surface area contributed by atoms with Gasteiger partial charge in [0.15, 0.2) is 0 Å². The van der Waals surface area contributed by atoms with Crippen molar-refractivity contribution in [2.45, 2.75) is 46.4 Å². The molecule has 20 heavy (non-hydrogen) atoms. The maximum absolute atomic E-state index is 5.72. The van der Waals surface area contributed by atoms with Crippen molar-refractivity contribution in [3.63, 3.8) is 0 Å². The molecule has 2 aromatic rings. The molecular weight excluding hydrogens is 250 g/mol. The maximum atomic E-state index is 5.72. The summed E-state index contributed by atoms with van der Waals surface area (Å²) in [7, 11) is 0. The quantitative estimate of drug-likeness (QED) is 0.830. The van der Waals surface area contributed by atoms with E-state index in [1.165, 1.54) is 5.56 Å². The largest absolute Gasteiger partial charge is 0.486 e. The summed E-state index contributed by atoms with van der Waals surface area (Å²) in [4.78, 5) is 0. The summed E-state index contributed by atoms with van der Waals surface area (Å²) in [5, 5.41) is 3.36. The molecule has 0 aliphatic heterocycles. The minimum absolute atomic E-state index is 0.465. The first-order valence-corrected chi connectivity index (χ1v) is 7.18. The molecule has 0 fully saturated rings. The van der Waals surface area contributed by atoms with Gasteiger partial charge in [0.25, 0.3) is 0 Å². The Morgan fingerprint density at radius 1 is 1.15 bits per heavy atom. The minimum atomic E-state index is 0.465. The highest BCUT2D eigenvalue weighted by Crippen LogP contribution is 2.16. The van der Waals surface area contributed by atoms with Crippen molar-refractivity contribution in [2.75, 3.05) is 0 Å². The average Bonchev–Trinajstić information content (AvgIpc) is 2.91. The van der Waals surface area contributed by atoms with E-state index < -0.39 is 0 Å². The number of rotatable bonds is 7. The molecule has 0 bridgehead atoms. The molecule has 3 heteroatoms. The number of benzene rings is 1.